The number of hydrogen-bond donors (Lipinski definition) is 0. The van der Waals surface area contributed by atoms with Crippen LogP contribution in [0.2, 0.25) is 0 Å². The first-order valence-electron chi connectivity index (χ1n) is 4.11. The van der Waals surface area contributed by atoms with Crippen LogP contribution in [0.3, 0.4) is 0 Å². The van der Waals surface area contributed by atoms with E-state index < -0.39 is 5.82 Å². The maximum absolute atomic E-state index is 13.0. The molecule has 1 aromatic rings. The van der Waals surface area contributed by atoms with Gasteiger partial charge in [0.1, 0.15) is 0 Å². The third-order valence-electron chi connectivity index (χ3n) is 1.60. The molecule has 0 N–H and O–H groups in total. The maximum atomic E-state index is 13.0. The molecule has 0 aliphatic heterocycles. The molecule has 0 aromatic heterocycles. The quantitative estimate of drug-likeness (QED) is 0.316. The fourth-order valence-corrected chi connectivity index (χ4v) is 0.946. The number of halogens is 1. The zero-order valence-corrected chi connectivity index (χ0v) is 8.07. The predicted molar refractivity (Wildman–Crippen MR) is 53.8 cm³/mol. The smallest absolute Gasteiger partial charge is 0.165 e. The topological polar surface area (TPSA) is 58.0 Å². The van der Waals surface area contributed by atoms with Crippen molar-refractivity contribution >= 4 is 0 Å². The average Bonchev–Trinajstić information content (AvgIpc) is 2.26. The summed E-state index contributed by atoms with van der Waals surface area (Å²) in [6.07, 6.45) is 0. The van der Waals surface area contributed by atoms with Crippen molar-refractivity contribution in [1.82, 2.24) is 0 Å². The van der Waals surface area contributed by atoms with Crippen molar-refractivity contribution in [3.63, 3.8) is 0 Å². The SMILES string of the molecule is COc1cc(C#CCN=[N+]=[N-])ccc1F. The molecule has 0 heterocycles. The Morgan fingerprint density at radius 1 is 1.60 bits per heavy atom. The van der Waals surface area contributed by atoms with Crippen LogP contribution in [0, 0.1) is 17.7 Å². The summed E-state index contributed by atoms with van der Waals surface area (Å²) in [5, 5.41) is 3.25. The summed E-state index contributed by atoms with van der Waals surface area (Å²) < 4.78 is 17.8. The predicted octanol–water partition coefficient (Wildman–Crippen LogP) is 2.50. The summed E-state index contributed by atoms with van der Waals surface area (Å²) >= 11 is 0. The first-order chi connectivity index (χ1) is 7.27. The summed E-state index contributed by atoms with van der Waals surface area (Å²) in [7, 11) is 1.38. The summed E-state index contributed by atoms with van der Waals surface area (Å²) in [6, 6.07) is 4.29. The molecular weight excluding hydrogens is 197 g/mol. The molecule has 0 saturated heterocycles. The number of rotatable bonds is 2. The minimum Gasteiger partial charge on any atom is -0.494 e. The largest absolute Gasteiger partial charge is 0.494 e. The Hall–Kier alpha value is -2.18. The molecule has 76 valence electrons. The lowest BCUT2D eigenvalue weighted by molar-refractivity contribution is 0.386. The van der Waals surface area contributed by atoms with Crippen LogP contribution in [0.15, 0.2) is 23.3 Å². The normalized spacial score (nSPS) is 8.40. The van der Waals surface area contributed by atoms with Crippen molar-refractivity contribution in [1.29, 1.82) is 0 Å². The minimum absolute atomic E-state index is 0.0934. The van der Waals surface area contributed by atoms with Gasteiger partial charge in [0.15, 0.2) is 11.6 Å². The number of methoxy groups -OCH3 is 1. The van der Waals surface area contributed by atoms with Gasteiger partial charge in [-0.1, -0.05) is 17.0 Å². The van der Waals surface area contributed by atoms with E-state index in [9.17, 15) is 4.39 Å². The van der Waals surface area contributed by atoms with Gasteiger partial charge in [0, 0.05) is 10.5 Å². The van der Waals surface area contributed by atoms with Crippen LogP contribution in [0.25, 0.3) is 10.4 Å². The highest BCUT2D eigenvalue weighted by molar-refractivity contribution is 5.40. The van der Waals surface area contributed by atoms with Crippen molar-refractivity contribution < 1.29 is 9.13 Å². The van der Waals surface area contributed by atoms with Gasteiger partial charge in [-0.25, -0.2) is 4.39 Å². The van der Waals surface area contributed by atoms with Crippen molar-refractivity contribution in [3.05, 3.63) is 40.0 Å². The molecule has 0 radical (unpaired) electrons. The molecule has 1 rings (SSSR count). The molecule has 0 unspecified atom stereocenters. The highest BCUT2D eigenvalue weighted by Crippen LogP contribution is 2.17. The molecule has 5 heteroatoms. The maximum Gasteiger partial charge on any atom is 0.165 e. The third kappa shape index (κ3) is 3.22. The second-order valence-electron chi connectivity index (χ2n) is 2.54. The molecule has 0 atom stereocenters. The van der Waals surface area contributed by atoms with Crippen molar-refractivity contribution in [3.8, 4) is 17.6 Å². The number of hydrogen-bond acceptors (Lipinski definition) is 2. The number of nitrogens with zero attached hydrogens (tertiary/aromatic N) is 3. The Bertz CT molecular complexity index is 455. The zero-order valence-electron chi connectivity index (χ0n) is 8.07. The molecule has 0 aliphatic carbocycles. The second-order valence-corrected chi connectivity index (χ2v) is 2.54. The summed E-state index contributed by atoms with van der Waals surface area (Å²) in [6.45, 7) is 0.0934. The van der Waals surface area contributed by atoms with Gasteiger partial charge < -0.3 is 4.74 Å². The fourth-order valence-electron chi connectivity index (χ4n) is 0.946. The average molecular weight is 205 g/mol. The Morgan fingerprint density at radius 2 is 2.40 bits per heavy atom. The Kier molecular flexibility index (Phi) is 4.02. The van der Waals surface area contributed by atoms with Crippen molar-refractivity contribution in [2.75, 3.05) is 13.7 Å². The van der Waals surface area contributed by atoms with Crippen LogP contribution in [0.1, 0.15) is 5.56 Å². The second kappa shape index (κ2) is 5.53. The summed E-state index contributed by atoms with van der Waals surface area (Å²) in [5.74, 6) is 5.06. The van der Waals surface area contributed by atoms with Gasteiger partial charge >= 0.3 is 0 Å². The highest BCUT2D eigenvalue weighted by atomic mass is 19.1. The highest BCUT2D eigenvalue weighted by Gasteiger charge is 2.00. The van der Waals surface area contributed by atoms with Crippen LogP contribution in [-0.2, 0) is 0 Å². The van der Waals surface area contributed by atoms with E-state index in [1.54, 1.807) is 0 Å². The fraction of sp³-hybridized carbons (Fsp3) is 0.200. The molecule has 0 aliphatic rings. The van der Waals surface area contributed by atoms with Gasteiger partial charge in [-0.15, -0.1) is 0 Å². The van der Waals surface area contributed by atoms with E-state index in [0.29, 0.717) is 5.56 Å². The van der Waals surface area contributed by atoms with Gasteiger partial charge in [-0.05, 0) is 23.7 Å². The van der Waals surface area contributed by atoms with Crippen molar-refractivity contribution in [2.45, 2.75) is 0 Å². The minimum atomic E-state index is -0.432. The third-order valence-corrected chi connectivity index (χ3v) is 1.60. The van der Waals surface area contributed by atoms with E-state index in [-0.39, 0.29) is 12.3 Å². The van der Waals surface area contributed by atoms with E-state index in [0.717, 1.165) is 0 Å². The van der Waals surface area contributed by atoms with Gasteiger partial charge in [0.2, 0.25) is 0 Å². The summed E-state index contributed by atoms with van der Waals surface area (Å²) in [4.78, 5) is 2.55. The molecule has 1 aromatic carbocycles. The van der Waals surface area contributed by atoms with Crippen LogP contribution >= 0.6 is 0 Å². The van der Waals surface area contributed by atoms with E-state index in [4.69, 9.17) is 10.3 Å². The van der Waals surface area contributed by atoms with Crippen LogP contribution in [-0.4, -0.2) is 13.7 Å². The molecule has 0 fully saturated rings. The molecule has 0 saturated carbocycles. The van der Waals surface area contributed by atoms with E-state index in [1.807, 2.05) is 0 Å². The van der Waals surface area contributed by atoms with Crippen molar-refractivity contribution in [2.24, 2.45) is 5.11 Å². The van der Waals surface area contributed by atoms with E-state index >= 15 is 0 Å². The Morgan fingerprint density at radius 3 is 3.07 bits per heavy atom. The van der Waals surface area contributed by atoms with E-state index in [2.05, 4.69) is 21.9 Å². The lowest BCUT2D eigenvalue weighted by atomic mass is 10.2. The Balaban J connectivity index is 2.85. The standard InChI is InChI=1S/C10H8FN3O/c1-15-10-7-8(4-5-9(10)11)3-2-6-13-14-12/h4-5,7H,6H2,1H3. The first kappa shape index (κ1) is 10.9. The number of ether oxygens (including phenoxy) is 1. The van der Waals surface area contributed by atoms with Crippen LogP contribution < -0.4 is 4.74 Å². The van der Waals surface area contributed by atoms with Crippen LogP contribution in [0.4, 0.5) is 4.39 Å². The van der Waals surface area contributed by atoms with E-state index in [1.165, 1.54) is 25.3 Å². The molecule has 4 nitrogen and oxygen atoms in total. The first-order valence-corrected chi connectivity index (χ1v) is 4.11. The Labute approximate surface area is 86.3 Å². The number of benzene rings is 1. The number of azide groups is 1. The van der Waals surface area contributed by atoms with Crippen LogP contribution in [0.5, 0.6) is 5.75 Å². The summed E-state index contributed by atoms with van der Waals surface area (Å²) in [5.41, 5.74) is 8.62. The monoisotopic (exact) mass is 205 g/mol. The van der Waals surface area contributed by atoms with Gasteiger partial charge in [0.05, 0.1) is 13.7 Å². The zero-order chi connectivity index (χ0) is 11.1. The molecule has 0 bridgehead atoms. The molecular formula is C10H8FN3O. The lowest BCUT2D eigenvalue weighted by Crippen LogP contribution is -1.88. The molecule has 0 amide bonds. The molecule has 15 heavy (non-hydrogen) atoms. The lowest BCUT2D eigenvalue weighted by Gasteiger charge is -2.00. The van der Waals surface area contributed by atoms with Gasteiger partial charge in [-0.2, -0.15) is 0 Å². The molecule has 0 spiro atoms. The van der Waals surface area contributed by atoms with Gasteiger partial charge in [-0.3, -0.25) is 0 Å². The van der Waals surface area contributed by atoms with Gasteiger partial charge in [0.25, 0.3) is 0 Å².